The molecule has 2 aliphatic heterocycles. The summed E-state index contributed by atoms with van der Waals surface area (Å²) in [5.41, 5.74) is 0.725. The molecule has 2 aromatic carbocycles. The van der Waals surface area contributed by atoms with E-state index in [0.29, 0.717) is 18.0 Å². The molecule has 0 radical (unpaired) electrons. The molecule has 1 saturated heterocycles. The minimum absolute atomic E-state index is 0.0401. The number of ether oxygens (including phenoxy) is 2. The third kappa shape index (κ3) is 3.80. The Hall–Kier alpha value is -2.10. The highest BCUT2D eigenvalue weighted by molar-refractivity contribution is 9.10. The molecule has 2 heterocycles. The van der Waals surface area contributed by atoms with E-state index in [4.69, 9.17) is 9.47 Å². The molecular formula is C18H17BrN2O5S. The van der Waals surface area contributed by atoms with E-state index in [1.807, 2.05) is 0 Å². The van der Waals surface area contributed by atoms with Gasteiger partial charge in [0.15, 0.2) is 11.5 Å². The summed E-state index contributed by atoms with van der Waals surface area (Å²) in [6.07, 6.45) is 0.289. The molecule has 27 heavy (non-hydrogen) atoms. The highest BCUT2D eigenvalue weighted by atomic mass is 79.9. The summed E-state index contributed by atoms with van der Waals surface area (Å²) in [6.45, 7) is 0.819. The second-order valence-electron chi connectivity index (χ2n) is 6.42. The van der Waals surface area contributed by atoms with E-state index in [-0.39, 0.29) is 36.5 Å². The van der Waals surface area contributed by atoms with E-state index in [0.717, 1.165) is 10.2 Å². The van der Waals surface area contributed by atoms with Gasteiger partial charge in [0.2, 0.25) is 22.7 Å². The lowest BCUT2D eigenvalue weighted by Crippen LogP contribution is -2.31. The van der Waals surface area contributed by atoms with Crippen molar-refractivity contribution in [3.63, 3.8) is 0 Å². The number of benzene rings is 2. The topological polar surface area (TPSA) is 84.9 Å². The van der Waals surface area contributed by atoms with Crippen LogP contribution in [-0.2, 0) is 14.8 Å². The zero-order chi connectivity index (χ0) is 19.0. The van der Waals surface area contributed by atoms with Crippen LogP contribution < -0.4 is 19.1 Å². The molecule has 1 amide bonds. The van der Waals surface area contributed by atoms with Gasteiger partial charge in [-0.1, -0.05) is 15.9 Å². The van der Waals surface area contributed by atoms with E-state index in [9.17, 15) is 13.2 Å². The van der Waals surface area contributed by atoms with Crippen molar-refractivity contribution in [1.82, 2.24) is 4.72 Å². The largest absolute Gasteiger partial charge is 0.454 e. The second kappa shape index (κ2) is 7.14. The maximum atomic E-state index is 12.4. The molecule has 0 aromatic heterocycles. The Morgan fingerprint density at radius 1 is 1.11 bits per heavy atom. The van der Waals surface area contributed by atoms with Gasteiger partial charge in [-0.15, -0.1) is 0 Å². The van der Waals surface area contributed by atoms with Crippen molar-refractivity contribution in [2.45, 2.75) is 11.3 Å². The fourth-order valence-corrected chi connectivity index (χ4v) is 4.53. The highest BCUT2D eigenvalue weighted by Crippen LogP contribution is 2.37. The smallest absolute Gasteiger partial charge is 0.240 e. The molecule has 9 heteroatoms. The molecule has 1 N–H and O–H groups in total. The predicted octanol–water partition coefficient (Wildman–Crippen LogP) is 2.51. The Labute approximate surface area is 165 Å². The van der Waals surface area contributed by atoms with Crippen molar-refractivity contribution in [1.29, 1.82) is 0 Å². The number of carbonyl (C=O) groups is 1. The van der Waals surface area contributed by atoms with Gasteiger partial charge in [0.1, 0.15) is 0 Å². The first-order chi connectivity index (χ1) is 12.9. The molecule has 1 fully saturated rings. The molecular weight excluding hydrogens is 436 g/mol. The van der Waals surface area contributed by atoms with Crippen LogP contribution in [0.5, 0.6) is 11.5 Å². The van der Waals surface area contributed by atoms with Gasteiger partial charge in [-0.25, -0.2) is 13.1 Å². The summed E-state index contributed by atoms with van der Waals surface area (Å²) in [5, 5.41) is 0. The minimum Gasteiger partial charge on any atom is -0.454 e. The van der Waals surface area contributed by atoms with E-state index < -0.39 is 10.0 Å². The van der Waals surface area contributed by atoms with Crippen LogP contribution in [0.25, 0.3) is 0 Å². The molecule has 1 atom stereocenters. The quantitative estimate of drug-likeness (QED) is 0.752. The Bertz CT molecular complexity index is 978. The predicted molar refractivity (Wildman–Crippen MR) is 102 cm³/mol. The fourth-order valence-electron chi connectivity index (χ4n) is 3.15. The Morgan fingerprint density at radius 3 is 2.63 bits per heavy atom. The van der Waals surface area contributed by atoms with Crippen molar-refractivity contribution in [2.24, 2.45) is 5.92 Å². The molecule has 0 spiro atoms. The summed E-state index contributed by atoms with van der Waals surface area (Å²) in [5.74, 6) is 1.12. The van der Waals surface area contributed by atoms with E-state index >= 15 is 0 Å². The number of rotatable bonds is 5. The van der Waals surface area contributed by atoms with Crippen LogP contribution in [0.2, 0.25) is 0 Å². The number of carbonyl (C=O) groups excluding carboxylic acids is 1. The molecule has 2 aliphatic rings. The van der Waals surface area contributed by atoms with Gasteiger partial charge in [-0.2, -0.15) is 0 Å². The molecule has 0 bridgehead atoms. The summed E-state index contributed by atoms with van der Waals surface area (Å²) >= 11 is 3.28. The third-order valence-corrected chi connectivity index (χ3v) is 6.53. The summed E-state index contributed by atoms with van der Waals surface area (Å²) in [4.78, 5) is 14.2. The van der Waals surface area contributed by atoms with Crippen LogP contribution in [0.3, 0.4) is 0 Å². The number of nitrogens with one attached hydrogen (secondary N) is 1. The monoisotopic (exact) mass is 452 g/mol. The van der Waals surface area contributed by atoms with Gasteiger partial charge in [-0.3, -0.25) is 4.79 Å². The minimum atomic E-state index is -3.61. The zero-order valence-electron chi connectivity index (χ0n) is 14.2. The van der Waals surface area contributed by atoms with E-state index in [2.05, 4.69) is 20.7 Å². The Morgan fingerprint density at radius 2 is 1.85 bits per heavy atom. The number of hydrogen-bond acceptors (Lipinski definition) is 5. The van der Waals surface area contributed by atoms with Gasteiger partial charge in [0.25, 0.3) is 0 Å². The number of halogens is 1. The number of sulfonamides is 1. The van der Waals surface area contributed by atoms with Crippen LogP contribution >= 0.6 is 15.9 Å². The number of anilines is 1. The molecule has 0 unspecified atom stereocenters. The SMILES string of the molecule is O=C1C[C@@H](CNS(=O)(=O)c2ccc(Br)cc2)CN1c1ccc2c(c1)OCO2. The molecule has 0 aliphatic carbocycles. The standard InChI is InChI=1S/C18H17BrN2O5S/c19-13-1-4-15(5-2-13)27(23,24)20-9-12-7-18(22)21(10-12)14-3-6-16-17(8-14)26-11-25-16/h1-6,8,12,20H,7,9-11H2/t12-/m0/s1. The lowest BCUT2D eigenvalue weighted by molar-refractivity contribution is -0.117. The normalized spacial score (nSPS) is 18.9. The first-order valence-electron chi connectivity index (χ1n) is 8.37. The van der Waals surface area contributed by atoms with Gasteiger partial charge in [0.05, 0.1) is 4.90 Å². The first-order valence-corrected chi connectivity index (χ1v) is 10.7. The van der Waals surface area contributed by atoms with Crippen molar-refractivity contribution in [2.75, 3.05) is 24.8 Å². The number of nitrogens with zero attached hydrogens (tertiary/aromatic N) is 1. The van der Waals surface area contributed by atoms with Gasteiger partial charge < -0.3 is 14.4 Å². The van der Waals surface area contributed by atoms with Crippen molar-refractivity contribution >= 4 is 37.5 Å². The fraction of sp³-hybridized carbons (Fsp3) is 0.278. The van der Waals surface area contributed by atoms with E-state index in [1.54, 1.807) is 35.2 Å². The second-order valence-corrected chi connectivity index (χ2v) is 9.10. The van der Waals surface area contributed by atoms with Crippen LogP contribution in [-0.4, -0.2) is 34.2 Å². The highest BCUT2D eigenvalue weighted by Gasteiger charge is 2.32. The lowest BCUT2D eigenvalue weighted by atomic mass is 10.1. The Kier molecular flexibility index (Phi) is 4.83. The molecule has 0 saturated carbocycles. The maximum Gasteiger partial charge on any atom is 0.240 e. The summed E-state index contributed by atoms with van der Waals surface area (Å²) in [6, 6.07) is 11.8. The zero-order valence-corrected chi connectivity index (χ0v) is 16.6. The number of hydrogen-bond donors (Lipinski definition) is 1. The van der Waals surface area contributed by atoms with Crippen LogP contribution in [0.15, 0.2) is 51.8 Å². The molecule has 142 valence electrons. The Balaban J connectivity index is 1.41. The van der Waals surface area contributed by atoms with Gasteiger partial charge in [0, 0.05) is 35.7 Å². The maximum absolute atomic E-state index is 12.4. The van der Waals surface area contributed by atoms with Gasteiger partial charge in [-0.05, 0) is 42.3 Å². The van der Waals surface area contributed by atoms with Crippen LogP contribution in [0.4, 0.5) is 5.69 Å². The molecule has 4 rings (SSSR count). The van der Waals surface area contributed by atoms with Crippen molar-refractivity contribution < 1.29 is 22.7 Å². The summed E-state index contributed by atoms with van der Waals surface area (Å²) in [7, 11) is -3.61. The average molecular weight is 453 g/mol. The van der Waals surface area contributed by atoms with Crippen LogP contribution in [0.1, 0.15) is 6.42 Å². The molecule has 2 aromatic rings. The van der Waals surface area contributed by atoms with E-state index in [1.165, 1.54) is 12.1 Å². The van der Waals surface area contributed by atoms with Crippen LogP contribution in [0, 0.1) is 5.92 Å². The van der Waals surface area contributed by atoms with Gasteiger partial charge >= 0.3 is 0 Å². The van der Waals surface area contributed by atoms with Crippen molar-refractivity contribution in [3.05, 3.63) is 46.9 Å². The molecule has 7 nitrogen and oxygen atoms in total. The number of amides is 1. The lowest BCUT2D eigenvalue weighted by Gasteiger charge is -2.17. The first kappa shape index (κ1) is 18.3. The average Bonchev–Trinajstić information content (AvgIpc) is 3.26. The van der Waals surface area contributed by atoms with Crippen molar-refractivity contribution in [3.8, 4) is 11.5 Å². The third-order valence-electron chi connectivity index (χ3n) is 4.56. The summed E-state index contributed by atoms with van der Waals surface area (Å²) < 4.78 is 38.9. The number of fused-ring (bicyclic) bond motifs is 1.